The lowest BCUT2D eigenvalue weighted by Crippen LogP contribution is -2.49. The first kappa shape index (κ1) is 24.3. The number of rotatable bonds is 7. The maximum Gasteiger partial charge on any atom is 0.309 e. The minimum atomic E-state index is -3.86. The summed E-state index contributed by atoms with van der Waals surface area (Å²) >= 11 is 0. The van der Waals surface area contributed by atoms with Gasteiger partial charge in [0.2, 0.25) is 15.9 Å². The summed E-state index contributed by atoms with van der Waals surface area (Å²) in [6, 6.07) is 4.64. The molecule has 2 aliphatic heterocycles. The normalized spacial score (nSPS) is 20.6. The van der Waals surface area contributed by atoms with Crippen molar-refractivity contribution in [2.75, 3.05) is 47.0 Å². The van der Waals surface area contributed by atoms with Crippen molar-refractivity contribution in [1.29, 1.82) is 0 Å². The number of esters is 1. The topological polar surface area (TPSA) is 102 Å². The van der Waals surface area contributed by atoms with Gasteiger partial charge in [0.1, 0.15) is 16.4 Å². The molecular formula is C22H32N2O7S. The molecule has 0 saturated carbocycles. The molecule has 1 aromatic carbocycles. The molecule has 178 valence electrons. The van der Waals surface area contributed by atoms with Crippen LogP contribution in [0.4, 0.5) is 0 Å². The van der Waals surface area contributed by atoms with Crippen LogP contribution in [-0.2, 0) is 24.3 Å². The summed E-state index contributed by atoms with van der Waals surface area (Å²) in [7, 11) is -0.973. The molecule has 10 heteroatoms. The predicted molar refractivity (Wildman–Crippen MR) is 117 cm³/mol. The summed E-state index contributed by atoms with van der Waals surface area (Å²) in [6.45, 7) is 3.56. The average molecular weight is 469 g/mol. The summed E-state index contributed by atoms with van der Waals surface area (Å²) < 4.78 is 43.6. The van der Waals surface area contributed by atoms with Crippen LogP contribution < -0.4 is 9.47 Å². The Labute approximate surface area is 189 Å². The first-order valence-corrected chi connectivity index (χ1v) is 12.4. The highest BCUT2D eigenvalue weighted by Gasteiger charge is 2.38. The highest BCUT2D eigenvalue weighted by Crippen LogP contribution is 2.33. The molecule has 2 saturated heterocycles. The van der Waals surface area contributed by atoms with Crippen molar-refractivity contribution in [3.05, 3.63) is 18.2 Å². The molecule has 0 aromatic heterocycles. The van der Waals surface area contributed by atoms with Gasteiger partial charge in [0.25, 0.3) is 0 Å². The fraction of sp³-hybridized carbons (Fsp3) is 0.636. The Morgan fingerprint density at radius 1 is 1.03 bits per heavy atom. The van der Waals surface area contributed by atoms with Gasteiger partial charge in [0, 0.05) is 32.2 Å². The largest absolute Gasteiger partial charge is 0.497 e. The highest BCUT2D eigenvalue weighted by molar-refractivity contribution is 7.89. The van der Waals surface area contributed by atoms with Crippen LogP contribution in [0.15, 0.2) is 23.1 Å². The second-order valence-corrected chi connectivity index (χ2v) is 9.98. The zero-order chi connectivity index (χ0) is 23.3. The zero-order valence-electron chi connectivity index (χ0n) is 18.9. The molecule has 9 nitrogen and oxygen atoms in total. The van der Waals surface area contributed by atoms with Crippen LogP contribution >= 0.6 is 0 Å². The molecular weight excluding hydrogens is 436 g/mol. The number of hydrogen-bond acceptors (Lipinski definition) is 7. The van der Waals surface area contributed by atoms with E-state index >= 15 is 0 Å². The number of nitrogens with zero attached hydrogens (tertiary/aromatic N) is 2. The molecule has 32 heavy (non-hydrogen) atoms. The molecule has 0 N–H and O–H groups in total. The molecule has 1 amide bonds. The van der Waals surface area contributed by atoms with Crippen LogP contribution in [0, 0.1) is 11.8 Å². The lowest BCUT2D eigenvalue weighted by atomic mass is 9.93. The highest BCUT2D eigenvalue weighted by atomic mass is 32.2. The summed E-state index contributed by atoms with van der Waals surface area (Å²) in [6.07, 6.45) is 2.37. The molecule has 0 bridgehead atoms. The van der Waals surface area contributed by atoms with E-state index in [1.54, 1.807) is 24.0 Å². The van der Waals surface area contributed by atoms with Gasteiger partial charge in [-0.15, -0.1) is 0 Å². The van der Waals surface area contributed by atoms with E-state index in [0.29, 0.717) is 57.7 Å². The zero-order valence-corrected chi connectivity index (χ0v) is 19.7. The summed E-state index contributed by atoms with van der Waals surface area (Å²) in [5.41, 5.74) is 0. The van der Waals surface area contributed by atoms with Crippen molar-refractivity contribution in [1.82, 2.24) is 9.21 Å². The van der Waals surface area contributed by atoms with E-state index in [1.165, 1.54) is 24.6 Å². The Hall–Kier alpha value is -2.33. The van der Waals surface area contributed by atoms with E-state index in [4.69, 9.17) is 14.2 Å². The quantitative estimate of drug-likeness (QED) is 0.563. The van der Waals surface area contributed by atoms with E-state index in [-0.39, 0.29) is 35.0 Å². The molecule has 0 spiro atoms. The minimum absolute atomic E-state index is 0.0303. The Balaban J connectivity index is 1.69. The van der Waals surface area contributed by atoms with Gasteiger partial charge in [0.05, 0.1) is 32.7 Å². The summed E-state index contributed by atoms with van der Waals surface area (Å²) in [5.74, 6) is -0.192. The number of hydrogen-bond donors (Lipinski definition) is 0. The molecule has 0 aliphatic carbocycles. The maximum absolute atomic E-state index is 13.4. The second kappa shape index (κ2) is 10.5. The second-order valence-electron chi connectivity index (χ2n) is 8.07. The number of amides is 1. The summed E-state index contributed by atoms with van der Waals surface area (Å²) in [5, 5.41) is 0. The fourth-order valence-corrected chi connectivity index (χ4v) is 6.04. The lowest BCUT2D eigenvalue weighted by Gasteiger charge is -2.37. The maximum atomic E-state index is 13.4. The molecule has 2 fully saturated rings. The van der Waals surface area contributed by atoms with Gasteiger partial charge < -0.3 is 19.1 Å². The minimum Gasteiger partial charge on any atom is -0.497 e. The van der Waals surface area contributed by atoms with Gasteiger partial charge in [-0.3, -0.25) is 9.59 Å². The van der Waals surface area contributed by atoms with Crippen molar-refractivity contribution in [3.8, 4) is 11.5 Å². The molecule has 3 rings (SSSR count). The predicted octanol–water partition coefficient (Wildman–Crippen LogP) is 1.91. The van der Waals surface area contributed by atoms with E-state index in [1.807, 2.05) is 0 Å². The smallest absolute Gasteiger partial charge is 0.309 e. The number of ether oxygens (including phenoxy) is 3. The van der Waals surface area contributed by atoms with E-state index < -0.39 is 15.9 Å². The van der Waals surface area contributed by atoms with E-state index in [2.05, 4.69) is 0 Å². The number of sulfonamides is 1. The van der Waals surface area contributed by atoms with Gasteiger partial charge in [-0.05, 0) is 44.7 Å². The van der Waals surface area contributed by atoms with E-state index in [9.17, 15) is 18.0 Å². The Morgan fingerprint density at radius 2 is 1.75 bits per heavy atom. The third-order valence-corrected chi connectivity index (χ3v) is 8.03. The van der Waals surface area contributed by atoms with Gasteiger partial charge in [0.15, 0.2) is 0 Å². The molecule has 1 atom stereocenters. The fourth-order valence-electron chi connectivity index (χ4n) is 4.34. The SMILES string of the molecule is CCOC(=O)C1CCN(C(=O)[C@H]2CCCN(S(=O)(=O)c3cc(OC)ccc3OC)C2)CC1. The Morgan fingerprint density at radius 3 is 2.38 bits per heavy atom. The molecule has 0 unspecified atom stereocenters. The first-order valence-electron chi connectivity index (χ1n) is 11.0. The number of carbonyl (C=O) groups is 2. The van der Waals surface area contributed by atoms with Crippen molar-refractivity contribution in [3.63, 3.8) is 0 Å². The van der Waals surface area contributed by atoms with Gasteiger partial charge in [-0.1, -0.05) is 0 Å². The number of piperidine rings is 2. The monoisotopic (exact) mass is 468 g/mol. The molecule has 2 heterocycles. The van der Waals surface area contributed by atoms with Gasteiger partial charge in [-0.25, -0.2) is 8.42 Å². The third-order valence-electron chi connectivity index (χ3n) is 6.15. The third kappa shape index (κ3) is 5.17. The molecule has 0 radical (unpaired) electrons. The number of carbonyl (C=O) groups excluding carboxylic acids is 2. The first-order chi connectivity index (χ1) is 15.3. The standard InChI is InChI=1S/C22H32N2O7S/c1-4-31-22(26)16-9-12-23(13-10-16)21(25)17-6-5-11-24(15-17)32(27,28)20-14-18(29-2)7-8-19(20)30-3/h7-8,14,16-17H,4-6,9-13,15H2,1-3H3/t17-/m0/s1. The van der Waals surface area contributed by atoms with Crippen molar-refractivity contribution >= 4 is 21.9 Å². The van der Waals surface area contributed by atoms with Crippen LogP contribution in [0.2, 0.25) is 0 Å². The molecule has 1 aromatic rings. The van der Waals surface area contributed by atoms with Crippen molar-refractivity contribution in [2.24, 2.45) is 11.8 Å². The lowest BCUT2D eigenvalue weighted by molar-refractivity contribution is -0.152. The van der Waals surface area contributed by atoms with Crippen LogP contribution in [-0.4, -0.2) is 76.5 Å². The summed E-state index contributed by atoms with van der Waals surface area (Å²) in [4.78, 5) is 26.9. The van der Waals surface area contributed by atoms with Crippen LogP contribution in [0.5, 0.6) is 11.5 Å². The number of benzene rings is 1. The van der Waals surface area contributed by atoms with Gasteiger partial charge in [-0.2, -0.15) is 4.31 Å². The van der Waals surface area contributed by atoms with E-state index in [0.717, 1.165) is 0 Å². The van der Waals surface area contributed by atoms with Crippen LogP contribution in [0.25, 0.3) is 0 Å². The van der Waals surface area contributed by atoms with Gasteiger partial charge >= 0.3 is 5.97 Å². The van der Waals surface area contributed by atoms with Crippen LogP contribution in [0.3, 0.4) is 0 Å². The molecule has 2 aliphatic rings. The average Bonchev–Trinajstić information content (AvgIpc) is 2.83. The Kier molecular flexibility index (Phi) is 8.00. The van der Waals surface area contributed by atoms with Crippen LogP contribution in [0.1, 0.15) is 32.6 Å². The van der Waals surface area contributed by atoms with Crippen molar-refractivity contribution < 1.29 is 32.2 Å². The number of methoxy groups -OCH3 is 2. The Bertz CT molecular complexity index is 926. The number of likely N-dealkylation sites (tertiary alicyclic amines) is 1. The van der Waals surface area contributed by atoms with Crippen molar-refractivity contribution in [2.45, 2.75) is 37.5 Å².